The van der Waals surface area contributed by atoms with Crippen LogP contribution in [0.4, 0.5) is 0 Å². The quantitative estimate of drug-likeness (QED) is 0.766. The van der Waals surface area contributed by atoms with Gasteiger partial charge in [-0.2, -0.15) is 0 Å². The first kappa shape index (κ1) is 16.0. The van der Waals surface area contributed by atoms with Gasteiger partial charge in [-0.3, -0.25) is 0 Å². The van der Waals surface area contributed by atoms with Gasteiger partial charge in [-0.05, 0) is 35.1 Å². The molecular weight excluding hydrogens is 242 g/mol. The van der Waals surface area contributed by atoms with E-state index in [9.17, 15) is 0 Å². The van der Waals surface area contributed by atoms with E-state index in [1.807, 2.05) is 31.2 Å². The van der Waals surface area contributed by atoms with Gasteiger partial charge in [0.25, 0.3) is 0 Å². The van der Waals surface area contributed by atoms with Gasteiger partial charge < -0.3 is 5.73 Å². The topological polar surface area (TPSA) is 26.0 Å². The highest BCUT2D eigenvalue weighted by atomic mass is 14.5. The Hall–Kier alpha value is -2.02. The van der Waals surface area contributed by atoms with Gasteiger partial charge in [-0.1, -0.05) is 75.9 Å². The smallest absolute Gasteiger partial charge is 0.00490 e. The zero-order valence-electron chi connectivity index (χ0n) is 13.0. The van der Waals surface area contributed by atoms with E-state index in [4.69, 9.17) is 5.73 Å². The third kappa shape index (κ3) is 5.31. The van der Waals surface area contributed by atoms with Crippen LogP contribution in [0.3, 0.4) is 0 Å². The van der Waals surface area contributed by atoms with Crippen LogP contribution in [0.15, 0.2) is 66.4 Å². The number of rotatable bonds is 4. The molecule has 1 aromatic carbocycles. The van der Waals surface area contributed by atoms with Crippen molar-refractivity contribution in [2.45, 2.75) is 33.1 Å². The summed E-state index contributed by atoms with van der Waals surface area (Å²) in [5.41, 5.74) is 10.2. The van der Waals surface area contributed by atoms with Gasteiger partial charge in [0.1, 0.15) is 0 Å². The Morgan fingerprint density at radius 3 is 2.15 bits per heavy atom. The molecule has 0 amide bonds. The number of hydrogen-bond donors (Lipinski definition) is 1. The molecular formula is C19H25N. The Kier molecular flexibility index (Phi) is 5.57. The fourth-order valence-electron chi connectivity index (χ4n) is 1.71. The van der Waals surface area contributed by atoms with Crippen molar-refractivity contribution in [2.75, 3.05) is 0 Å². The highest BCUT2D eigenvalue weighted by Gasteiger charge is 2.12. The van der Waals surface area contributed by atoms with Crippen LogP contribution in [0.2, 0.25) is 0 Å². The lowest BCUT2D eigenvalue weighted by atomic mass is 9.87. The molecule has 106 valence electrons. The first-order valence-electron chi connectivity index (χ1n) is 6.88. The van der Waals surface area contributed by atoms with Gasteiger partial charge >= 0.3 is 0 Å². The van der Waals surface area contributed by atoms with Crippen molar-refractivity contribution in [1.82, 2.24) is 0 Å². The van der Waals surface area contributed by atoms with Crippen molar-refractivity contribution in [1.29, 1.82) is 0 Å². The first-order chi connectivity index (χ1) is 9.32. The molecule has 1 nitrogen and oxygen atoms in total. The van der Waals surface area contributed by atoms with E-state index in [0.717, 1.165) is 11.3 Å². The molecule has 0 bridgehead atoms. The molecule has 0 unspecified atom stereocenters. The van der Waals surface area contributed by atoms with Crippen LogP contribution >= 0.6 is 0 Å². The van der Waals surface area contributed by atoms with Gasteiger partial charge in [0.05, 0.1) is 0 Å². The molecule has 20 heavy (non-hydrogen) atoms. The highest BCUT2D eigenvalue weighted by molar-refractivity contribution is 5.55. The van der Waals surface area contributed by atoms with E-state index in [0.29, 0.717) is 0 Å². The molecule has 0 aliphatic heterocycles. The minimum Gasteiger partial charge on any atom is -0.402 e. The highest BCUT2D eigenvalue weighted by Crippen LogP contribution is 2.22. The zero-order chi connectivity index (χ0) is 15.2. The Balaban J connectivity index is 2.87. The average Bonchev–Trinajstić information content (AvgIpc) is 2.38. The zero-order valence-corrected chi connectivity index (χ0v) is 13.0. The van der Waals surface area contributed by atoms with E-state index in [1.54, 1.807) is 0 Å². The van der Waals surface area contributed by atoms with Crippen molar-refractivity contribution in [3.63, 3.8) is 0 Å². The predicted molar refractivity (Wildman–Crippen MR) is 90.4 cm³/mol. The van der Waals surface area contributed by atoms with E-state index in [-0.39, 0.29) is 5.41 Å². The maximum absolute atomic E-state index is 5.62. The van der Waals surface area contributed by atoms with Crippen molar-refractivity contribution >= 4 is 6.08 Å². The van der Waals surface area contributed by atoms with Crippen LogP contribution < -0.4 is 5.73 Å². The van der Waals surface area contributed by atoms with E-state index < -0.39 is 0 Å². The van der Waals surface area contributed by atoms with Gasteiger partial charge in [-0.25, -0.2) is 0 Å². The minimum atomic E-state index is 0.192. The van der Waals surface area contributed by atoms with E-state index in [2.05, 4.69) is 57.7 Å². The fourth-order valence-corrected chi connectivity index (χ4v) is 1.71. The molecule has 0 heterocycles. The summed E-state index contributed by atoms with van der Waals surface area (Å²) in [4.78, 5) is 0. The summed E-state index contributed by atoms with van der Waals surface area (Å²) in [6, 6.07) is 8.64. The summed E-state index contributed by atoms with van der Waals surface area (Å²) in [6.45, 7) is 12.3. The fraction of sp³-hybridized carbons (Fsp3) is 0.263. The summed E-state index contributed by atoms with van der Waals surface area (Å²) in [5, 5.41) is 0. The van der Waals surface area contributed by atoms with Crippen LogP contribution in [-0.4, -0.2) is 0 Å². The van der Waals surface area contributed by atoms with Crippen molar-refractivity contribution < 1.29 is 0 Å². The molecule has 0 aliphatic rings. The van der Waals surface area contributed by atoms with Crippen LogP contribution in [0.5, 0.6) is 0 Å². The lowest BCUT2D eigenvalue weighted by molar-refractivity contribution is 0.590. The first-order valence-corrected chi connectivity index (χ1v) is 6.88. The normalized spacial score (nSPS) is 13.8. The van der Waals surface area contributed by atoms with Crippen molar-refractivity contribution in [3.05, 3.63) is 77.5 Å². The number of allylic oxidation sites excluding steroid dienone is 6. The minimum absolute atomic E-state index is 0.192. The lowest BCUT2D eigenvalue weighted by Crippen LogP contribution is -2.10. The van der Waals surface area contributed by atoms with Gasteiger partial charge in [-0.15, -0.1) is 0 Å². The molecule has 2 N–H and O–H groups in total. The van der Waals surface area contributed by atoms with Crippen LogP contribution in [0.1, 0.15) is 38.8 Å². The summed E-state index contributed by atoms with van der Waals surface area (Å²) in [5.74, 6) is 0. The molecule has 0 aliphatic carbocycles. The van der Waals surface area contributed by atoms with E-state index in [1.165, 1.54) is 11.1 Å². The Labute approximate surface area is 123 Å². The number of benzene rings is 1. The standard InChI is InChI=1S/C19H25N/c1-6-16(8-7-15(2)20)9-10-17-11-13-18(14-12-17)19(3,4)5/h6-14H,1,20H2,2-5H3/b10-9+,15-7-,16-8+. The molecule has 0 saturated heterocycles. The van der Waals surface area contributed by atoms with E-state index >= 15 is 0 Å². The number of nitrogens with two attached hydrogens (primary N) is 1. The van der Waals surface area contributed by atoms with Gasteiger partial charge in [0, 0.05) is 5.70 Å². The van der Waals surface area contributed by atoms with Crippen molar-refractivity contribution in [2.24, 2.45) is 5.73 Å². The second-order valence-electron chi connectivity index (χ2n) is 5.99. The molecule has 0 saturated carbocycles. The lowest BCUT2D eigenvalue weighted by Gasteiger charge is -2.18. The molecule has 0 spiro atoms. The van der Waals surface area contributed by atoms with Crippen LogP contribution in [0, 0.1) is 0 Å². The molecule has 0 aromatic heterocycles. The summed E-state index contributed by atoms with van der Waals surface area (Å²) < 4.78 is 0. The summed E-state index contributed by atoms with van der Waals surface area (Å²) >= 11 is 0. The summed E-state index contributed by atoms with van der Waals surface area (Å²) in [6.07, 6.45) is 9.78. The Morgan fingerprint density at radius 1 is 1.10 bits per heavy atom. The second kappa shape index (κ2) is 6.95. The Bertz CT molecular complexity index is 530. The number of hydrogen-bond acceptors (Lipinski definition) is 1. The average molecular weight is 267 g/mol. The van der Waals surface area contributed by atoms with Crippen LogP contribution in [0.25, 0.3) is 6.08 Å². The van der Waals surface area contributed by atoms with Gasteiger partial charge in [0.2, 0.25) is 0 Å². The SMILES string of the molecule is C=CC(/C=C/c1ccc(C(C)(C)C)cc1)=C\C=C(\C)N. The second-order valence-corrected chi connectivity index (χ2v) is 5.99. The third-order valence-electron chi connectivity index (χ3n) is 3.02. The molecule has 0 radical (unpaired) electrons. The monoisotopic (exact) mass is 267 g/mol. The molecule has 1 heteroatoms. The van der Waals surface area contributed by atoms with Crippen LogP contribution in [-0.2, 0) is 5.41 Å². The Morgan fingerprint density at radius 2 is 1.70 bits per heavy atom. The maximum Gasteiger partial charge on any atom is 0.00490 e. The van der Waals surface area contributed by atoms with Gasteiger partial charge in [0.15, 0.2) is 0 Å². The third-order valence-corrected chi connectivity index (χ3v) is 3.02. The van der Waals surface area contributed by atoms with Crippen molar-refractivity contribution in [3.8, 4) is 0 Å². The molecule has 1 aromatic rings. The predicted octanol–water partition coefficient (Wildman–Crippen LogP) is 4.97. The molecule has 0 atom stereocenters. The largest absolute Gasteiger partial charge is 0.402 e. The molecule has 1 rings (SSSR count). The summed E-state index contributed by atoms with van der Waals surface area (Å²) in [7, 11) is 0. The molecule has 0 fully saturated rings. The maximum atomic E-state index is 5.62.